The lowest BCUT2D eigenvalue weighted by Gasteiger charge is -2.04. The van der Waals surface area contributed by atoms with Crippen molar-refractivity contribution >= 4 is 10.8 Å². The van der Waals surface area contributed by atoms with Crippen molar-refractivity contribution in [1.82, 2.24) is 0 Å². The van der Waals surface area contributed by atoms with Crippen LogP contribution in [0.5, 0.6) is 5.75 Å². The van der Waals surface area contributed by atoms with Crippen molar-refractivity contribution in [2.45, 2.75) is 20.8 Å². The van der Waals surface area contributed by atoms with Crippen LogP contribution in [0.15, 0.2) is 36.4 Å². The van der Waals surface area contributed by atoms with Crippen LogP contribution in [0.2, 0.25) is 0 Å². The van der Waals surface area contributed by atoms with E-state index in [1.54, 1.807) is 7.11 Å². The summed E-state index contributed by atoms with van der Waals surface area (Å²) in [6, 6.07) is 12.4. The molecule has 15 heavy (non-hydrogen) atoms. The first-order chi connectivity index (χ1) is 7.31. The predicted octanol–water partition coefficient (Wildman–Crippen LogP) is 4.18. The summed E-state index contributed by atoms with van der Waals surface area (Å²) in [6.07, 6.45) is 0. The summed E-state index contributed by atoms with van der Waals surface area (Å²) < 4.78 is 5.18. The van der Waals surface area contributed by atoms with Gasteiger partial charge in [0.05, 0.1) is 7.11 Å². The number of hydrogen-bond donors (Lipinski definition) is 0. The average Bonchev–Trinajstić information content (AvgIpc) is 2.32. The van der Waals surface area contributed by atoms with Crippen LogP contribution in [-0.4, -0.2) is 7.11 Å². The zero-order chi connectivity index (χ0) is 11.3. The summed E-state index contributed by atoms with van der Waals surface area (Å²) in [5.74, 6) is 0.918. The SMILES string of the molecule is CC.COc1ccc2cccc(C)c2c1. The van der Waals surface area contributed by atoms with Gasteiger partial charge in [-0.15, -0.1) is 0 Å². The van der Waals surface area contributed by atoms with Gasteiger partial charge in [-0.25, -0.2) is 0 Å². The first-order valence-corrected chi connectivity index (χ1v) is 5.34. The van der Waals surface area contributed by atoms with Gasteiger partial charge in [0, 0.05) is 0 Å². The van der Waals surface area contributed by atoms with Crippen molar-refractivity contribution in [3.05, 3.63) is 42.0 Å². The second-order valence-electron chi connectivity index (χ2n) is 3.16. The van der Waals surface area contributed by atoms with Gasteiger partial charge in [0.25, 0.3) is 0 Å². The Kier molecular flexibility index (Phi) is 4.17. The van der Waals surface area contributed by atoms with Crippen molar-refractivity contribution in [1.29, 1.82) is 0 Å². The number of fused-ring (bicyclic) bond motifs is 1. The lowest BCUT2D eigenvalue weighted by atomic mass is 10.1. The van der Waals surface area contributed by atoms with E-state index in [9.17, 15) is 0 Å². The first-order valence-electron chi connectivity index (χ1n) is 5.34. The van der Waals surface area contributed by atoms with E-state index in [0.29, 0.717) is 0 Å². The van der Waals surface area contributed by atoms with Gasteiger partial charge in [0.1, 0.15) is 5.75 Å². The molecule has 0 spiro atoms. The molecule has 0 aromatic heterocycles. The van der Waals surface area contributed by atoms with Gasteiger partial charge in [0.15, 0.2) is 0 Å². The van der Waals surface area contributed by atoms with Crippen LogP contribution in [-0.2, 0) is 0 Å². The fourth-order valence-electron chi connectivity index (χ4n) is 1.54. The standard InChI is InChI=1S/C12H12O.C2H6/c1-9-4-3-5-10-6-7-11(13-2)8-12(9)10;1-2/h3-8H,1-2H3;1-2H3. The summed E-state index contributed by atoms with van der Waals surface area (Å²) in [5.41, 5.74) is 1.29. The minimum atomic E-state index is 0.918. The average molecular weight is 202 g/mol. The highest BCUT2D eigenvalue weighted by Gasteiger charge is 1.97. The molecule has 0 atom stereocenters. The molecule has 1 heteroatoms. The topological polar surface area (TPSA) is 9.23 Å². The quantitative estimate of drug-likeness (QED) is 0.674. The molecule has 1 nitrogen and oxygen atoms in total. The Bertz CT molecular complexity index is 432. The maximum atomic E-state index is 5.18. The number of benzene rings is 2. The number of methoxy groups -OCH3 is 1. The molecule has 0 heterocycles. The smallest absolute Gasteiger partial charge is 0.119 e. The maximum Gasteiger partial charge on any atom is 0.119 e. The van der Waals surface area contributed by atoms with Crippen molar-refractivity contribution in [3.63, 3.8) is 0 Å². The molecule has 0 aliphatic rings. The molecule has 0 unspecified atom stereocenters. The van der Waals surface area contributed by atoms with Crippen LogP contribution in [0.4, 0.5) is 0 Å². The van der Waals surface area contributed by atoms with Gasteiger partial charge in [-0.05, 0) is 35.4 Å². The number of rotatable bonds is 1. The Morgan fingerprint density at radius 3 is 2.40 bits per heavy atom. The highest BCUT2D eigenvalue weighted by Crippen LogP contribution is 2.23. The molecule has 0 aliphatic heterocycles. The van der Waals surface area contributed by atoms with Gasteiger partial charge in [-0.1, -0.05) is 38.1 Å². The summed E-state index contributed by atoms with van der Waals surface area (Å²) in [5, 5.41) is 2.53. The van der Waals surface area contributed by atoms with E-state index < -0.39 is 0 Å². The van der Waals surface area contributed by atoms with E-state index in [2.05, 4.69) is 37.3 Å². The van der Waals surface area contributed by atoms with Crippen molar-refractivity contribution in [2.24, 2.45) is 0 Å². The molecule has 0 fully saturated rings. The fraction of sp³-hybridized carbons (Fsp3) is 0.286. The molecule has 2 aromatic carbocycles. The van der Waals surface area contributed by atoms with E-state index in [0.717, 1.165) is 5.75 Å². The van der Waals surface area contributed by atoms with Crippen LogP contribution in [0, 0.1) is 6.92 Å². The minimum Gasteiger partial charge on any atom is -0.497 e. The van der Waals surface area contributed by atoms with Gasteiger partial charge in [-0.3, -0.25) is 0 Å². The van der Waals surface area contributed by atoms with Crippen LogP contribution < -0.4 is 4.74 Å². The monoisotopic (exact) mass is 202 g/mol. The zero-order valence-electron chi connectivity index (χ0n) is 9.87. The first kappa shape index (κ1) is 11.6. The molecule has 0 N–H and O–H groups in total. The molecule has 2 aromatic rings. The normalized spacial score (nSPS) is 9.33. The Labute approximate surface area is 91.7 Å². The van der Waals surface area contributed by atoms with E-state index in [4.69, 9.17) is 4.74 Å². The summed E-state index contributed by atoms with van der Waals surface area (Å²) >= 11 is 0. The molecule has 0 saturated heterocycles. The molecule has 0 saturated carbocycles. The maximum absolute atomic E-state index is 5.18. The van der Waals surface area contributed by atoms with Gasteiger partial charge >= 0.3 is 0 Å². The third-order valence-electron chi connectivity index (χ3n) is 2.31. The highest BCUT2D eigenvalue weighted by atomic mass is 16.5. The summed E-state index contributed by atoms with van der Waals surface area (Å²) in [6.45, 7) is 6.11. The largest absolute Gasteiger partial charge is 0.497 e. The van der Waals surface area contributed by atoms with E-state index in [1.165, 1.54) is 16.3 Å². The van der Waals surface area contributed by atoms with Gasteiger partial charge < -0.3 is 4.74 Å². The Morgan fingerprint density at radius 2 is 1.73 bits per heavy atom. The van der Waals surface area contributed by atoms with E-state index >= 15 is 0 Å². The molecule has 0 aliphatic carbocycles. The molecule has 0 radical (unpaired) electrons. The van der Waals surface area contributed by atoms with Crippen LogP contribution in [0.25, 0.3) is 10.8 Å². The van der Waals surface area contributed by atoms with Crippen molar-refractivity contribution in [2.75, 3.05) is 7.11 Å². The summed E-state index contributed by atoms with van der Waals surface area (Å²) in [4.78, 5) is 0. The molecule has 2 rings (SSSR count). The third kappa shape index (κ3) is 2.50. The number of hydrogen-bond acceptors (Lipinski definition) is 1. The molecular formula is C14H18O. The number of aryl methyl sites for hydroxylation is 1. The highest BCUT2D eigenvalue weighted by molar-refractivity contribution is 5.86. The zero-order valence-corrected chi connectivity index (χ0v) is 9.87. The second-order valence-corrected chi connectivity index (χ2v) is 3.16. The molecular weight excluding hydrogens is 184 g/mol. The minimum absolute atomic E-state index is 0.918. The van der Waals surface area contributed by atoms with Crippen LogP contribution >= 0.6 is 0 Å². The van der Waals surface area contributed by atoms with Crippen molar-refractivity contribution in [3.8, 4) is 5.75 Å². The Morgan fingerprint density at radius 1 is 1.00 bits per heavy atom. The van der Waals surface area contributed by atoms with Gasteiger partial charge in [-0.2, -0.15) is 0 Å². The third-order valence-corrected chi connectivity index (χ3v) is 2.31. The summed E-state index contributed by atoms with van der Waals surface area (Å²) in [7, 11) is 1.69. The Hall–Kier alpha value is -1.50. The second kappa shape index (κ2) is 5.40. The molecule has 80 valence electrons. The van der Waals surface area contributed by atoms with E-state index in [1.807, 2.05) is 19.9 Å². The van der Waals surface area contributed by atoms with Crippen molar-refractivity contribution < 1.29 is 4.74 Å². The molecule has 0 amide bonds. The predicted molar refractivity (Wildman–Crippen MR) is 66.6 cm³/mol. The van der Waals surface area contributed by atoms with Crippen LogP contribution in [0.1, 0.15) is 19.4 Å². The Balaban J connectivity index is 0.000000531. The lowest BCUT2D eigenvalue weighted by molar-refractivity contribution is 0.415. The number of ether oxygens (including phenoxy) is 1. The van der Waals surface area contributed by atoms with Gasteiger partial charge in [0.2, 0.25) is 0 Å². The van der Waals surface area contributed by atoms with Crippen LogP contribution in [0.3, 0.4) is 0 Å². The molecule has 0 bridgehead atoms. The lowest BCUT2D eigenvalue weighted by Crippen LogP contribution is -1.83. The fourth-order valence-corrected chi connectivity index (χ4v) is 1.54. The van der Waals surface area contributed by atoms with E-state index in [-0.39, 0.29) is 0 Å².